The number of carbonyl (C=O) groups is 2. The van der Waals surface area contributed by atoms with Crippen LogP contribution in [-0.4, -0.2) is 51.0 Å². The van der Waals surface area contributed by atoms with E-state index in [9.17, 15) is 4.79 Å². The summed E-state index contributed by atoms with van der Waals surface area (Å²) < 4.78 is 8.17. The minimum atomic E-state index is -0.420. The standard InChI is InChI=1S/C18H23N5O2S.CH2O2/c1-25-11-10-23-17(21-16(22-23)12-15(19)24)8-4-5-9-18-20-13-6-2-3-7-14(13)26-18;2-1-3/h2-3,6-7H,4-5,8-12H2,1H3,(H2,19,24);1H,(H,2,3). The molecule has 2 heterocycles. The molecule has 3 aromatic rings. The Hall–Kier alpha value is -2.85. The van der Waals surface area contributed by atoms with Gasteiger partial charge in [0.05, 0.1) is 34.8 Å². The van der Waals surface area contributed by atoms with Gasteiger partial charge in [0.2, 0.25) is 5.91 Å². The lowest BCUT2D eigenvalue weighted by molar-refractivity contribution is -0.123. The van der Waals surface area contributed by atoms with E-state index in [2.05, 4.69) is 21.1 Å². The molecule has 0 fully saturated rings. The lowest BCUT2D eigenvalue weighted by Crippen LogP contribution is -2.15. The quantitative estimate of drug-likeness (QED) is 0.378. The Balaban J connectivity index is 0.000000941. The van der Waals surface area contributed by atoms with Gasteiger partial charge in [0.1, 0.15) is 5.82 Å². The van der Waals surface area contributed by atoms with Gasteiger partial charge in [-0.3, -0.25) is 9.59 Å². The van der Waals surface area contributed by atoms with Gasteiger partial charge >= 0.3 is 0 Å². The molecule has 10 heteroatoms. The van der Waals surface area contributed by atoms with Crippen LogP contribution in [0, 0.1) is 0 Å². The van der Waals surface area contributed by atoms with Crippen molar-refractivity contribution in [2.24, 2.45) is 5.73 Å². The van der Waals surface area contributed by atoms with Crippen molar-refractivity contribution in [2.75, 3.05) is 13.7 Å². The summed E-state index contributed by atoms with van der Waals surface area (Å²) in [5.41, 5.74) is 6.32. The number of aryl methyl sites for hydroxylation is 2. The Morgan fingerprint density at radius 2 is 2.00 bits per heavy atom. The first-order chi connectivity index (χ1) is 14.1. The maximum absolute atomic E-state index is 11.1. The number of methoxy groups -OCH3 is 1. The number of para-hydroxylation sites is 1. The highest BCUT2D eigenvalue weighted by Gasteiger charge is 2.12. The normalized spacial score (nSPS) is 10.5. The SMILES string of the molecule is COCCn1nc(CC(N)=O)nc1CCCCc1nc2ccccc2s1.O=CO. The van der Waals surface area contributed by atoms with Crippen molar-refractivity contribution >= 4 is 33.9 Å². The number of aromatic nitrogens is 4. The zero-order valence-electron chi connectivity index (χ0n) is 16.3. The summed E-state index contributed by atoms with van der Waals surface area (Å²) in [6.07, 6.45) is 3.85. The van der Waals surface area contributed by atoms with E-state index in [1.807, 2.05) is 22.9 Å². The van der Waals surface area contributed by atoms with Gasteiger partial charge in [0.25, 0.3) is 6.47 Å². The molecular weight excluding hydrogens is 394 g/mol. The molecule has 1 amide bonds. The fourth-order valence-electron chi connectivity index (χ4n) is 2.78. The molecule has 3 rings (SSSR count). The predicted octanol–water partition coefficient (Wildman–Crippen LogP) is 1.83. The molecule has 0 saturated heterocycles. The van der Waals surface area contributed by atoms with E-state index in [1.54, 1.807) is 18.4 Å². The summed E-state index contributed by atoms with van der Waals surface area (Å²) in [4.78, 5) is 28.6. The smallest absolute Gasteiger partial charge is 0.290 e. The summed E-state index contributed by atoms with van der Waals surface area (Å²) >= 11 is 1.76. The van der Waals surface area contributed by atoms with Crippen molar-refractivity contribution in [3.05, 3.63) is 40.9 Å². The molecule has 0 unspecified atom stereocenters. The molecule has 0 atom stereocenters. The Labute approximate surface area is 172 Å². The van der Waals surface area contributed by atoms with E-state index in [1.165, 1.54) is 9.71 Å². The van der Waals surface area contributed by atoms with Crippen molar-refractivity contribution in [1.82, 2.24) is 19.7 Å². The Bertz CT molecular complexity index is 891. The number of carboxylic acid groups (broad SMARTS) is 1. The van der Waals surface area contributed by atoms with Gasteiger partial charge in [-0.25, -0.2) is 14.6 Å². The van der Waals surface area contributed by atoms with Crippen LogP contribution in [0.4, 0.5) is 0 Å². The zero-order chi connectivity index (χ0) is 21.1. The summed E-state index contributed by atoms with van der Waals surface area (Å²) in [6, 6.07) is 8.21. The average molecular weight is 420 g/mol. The van der Waals surface area contributed by atoms with Gasteiger partial charge in [-0.05, 0) is 31.4 Å². The maximum Gasteiger partial charge on any atom is 0.290 e. The molecule has 0 spiro atoms. The van der Waals surface area contributed by atoms with Crippen LogP contribution in [-0.2, 0) is 40.1 Å². The zero-order valence-corrected chi connectivity index (χ0v) is 17.1. The maximum atomic E-state index is 11.1. The molecule has 0 aliphatic heterocycles. The summed E-state index contributed by atoms with van der Waals surface area (Å²) in [5, 5.41) is 12.4. The van der Waals surface area contributed by atoms with Crippen LogP contribution in [0.3, 0.4) is 0 Å². The molecule has 0 aliphatic carbocycles. The molecule has 0 bridgehead atoms. The Kier molecular flexibility index (Phi) is 9.19. The van der Waals surface area contributed by atoms with Crippen molar-refractivity contribution in [1.29, 1.82) is 0 Å². The van der Waals surface area contributed by atoms with E-state index < -0.39 is 5.91 Å². The fourth-order valence-corrected chi connectivity index (χ4v) is 3.79. The summed E-state index contributed by atoms with van der Waals surface area (Å²) in [6.45, 7) is 0.924. The second-order valence-electron chi connectivity index (χ2n) is 6.19. The largest absolute Gasteiger partial charge is 0.483 e. The molecule has 0 radical (unpaired) electrons. The van der Waals surface area contributed by atoms with Crippen LogP contribution in [0.25, 0.3) is 10.2 Å². The molecular formula is C19H25N5O4S. The third kappa shape index (κ3) is 7.24. The number of unbranched alkanes of at least 4 members (excludes halogenated alkanes) is 1. The van der Waals surface area contributed by atoms with Crippen LogP contribution >= 0.6 is 11.3 Å². The predicted molar refractivity (Wildman–Crippen MR) is 110 cm³/mol. The van der Waals surface area contributed by atoms with Crippen LogP contribution in [0.5, 0.6) is 0 Å². The lowest BCUT2D eigenvalue weighted by Gasteiger charge is -2.04. The van der Waals surface area contributed by atoms with Crippen LogP contribution in [0.1, 0.15) is 29.5 Å². The number of benzene rings is 1. The molecule has 9 nitrogen and oxygen atoms in total. The number of carbonyl (C=O) groups excluding carboxylic acids is 1. The number of amides is 1. The highest BCUT2D eigenvalue weighted by molar-refractivity contribution is 7.18. The van der Waals surface area contributed by atoms with Gasteiger partial charge in [0, 0.05) is 13.5 Å². The molecule has 29 heavy (non-hydrogen) atoms. The van der Waals surface area contributed by atoms with Crippen LogP contribution in [0.15, 0.2) is 24.3 Å². The second kappa shape index (κ2) is 11.9. The highest BCUT2D eigenvalue weighted by atomic mass is 32.1. The molecule has 3 N–H and O–H groups in total. The minimum Gasteiger partial charge on any atom is -0.483 e. The number of hydrogen-bond acceptors (Lipinski definition) is 7. The molecule has 0 saturated carbocycles. The van der Waals surface area contributed by atoms with Crippen LogP contribution in [0.2, 0.25) is 0 Å². The molecule has 156 valence electrons. The number of fused-ring (bicyclic) bond motifs is 1. The van der Waals surface area contributed by atoms with Gasteiger partial charge in [0.15, 0.2) is 5.82 Å². The molecule has 1 aromatic carbocycles. The summed E-state index contributed by atoms with van der Waals surface area (Å²) in [7, 11) is 1.65. The van der Waals surface area contributed by atoms with Gasteiger partial charge in [-0.1, -0.05) is 12.1 Å². The van der Waals surface area contributed by atoms with Gasteiger partial charge in [-0.15, -0.1) is 11.3 Å². The number of hydrogen-bond donors (Lipinski definition) is 2. The number of thiazole rings is 1. The topological polar surface area (TPSA) is 133 Å². The van der Waals surface area contributed by atoms with Gasteiger partial charge in [-0.2, -0.15) is 5.10 Å². The van der Waals surface area contributed by atoms with E-state index in [-0.39, 0.29) is 12.9 Å². The van der Waals surface area contributed by atoms with Crippen molar-refractivity contribution in [3.8, 4) is 0 Å². The average Bonchev–Trinajstić information content (AvgIpc) is 3.26. The minimum absolute atomic E-state index is 0.0681. The van der Waals surface area contributed by atoms with Crippen molar-refractivity contribution < 1.29 is 19.4 Å². The Morgan fingerprint density at radius 1 is 1.28 bits per heavy atom. The Morgan fingerprint density at radius 3 is 2.69 bits per heavy atom. The summed E-state index contributed by atoms with van der Waals surface area (Å²) in [5.74, 6) is 0.939. The number of nitrogens with two attached hydrogens (primary N) is 1. The first-order valence-corrected chi connectivity index (χ1v) is 10.0. The number of nitrogens with zero attached hydrogens (tertiary/aromatic N) is 4. The van der Waals surface area contributed by atoms with E-state index >= 15 is 0 Å². The van der Waals surface area contributed by atoms with E-state index in [0.29, 0.717) is 19.0 Å². The van der Waals surface area contributed by atoms with Gasteiger partial charge < -0.3 is 15.6 Å². The highest BCUT2D eigenvalue weighted by Crippen LogP contribution is 2.22. The first-order valence-electron chi connectivity index (χ1n) is 9.19. The monoisotopic (exact) mass is 419 g/mol. The van der Waals surface area contributed by atoms with E-state index in [0.717, 1.165) is 37.0 Å². The number of ether oxygens (including phenoxy) is 1. The van der Waals surface area contributed by atoms with E-state index in [4.69, 9.17) is 20.4 Å². The second-order valence-corrected chi connectivity index (χ2v) is 7.31. The third-order valence-electron chi connectivity index (χ3n) is 4.01. The molecule has 0 aliphatic rings. The number of primary amides is 1. The number of rotatable bonds is 10. The van der Waals surface area contributed by atoms with Crippen LogP contribution < -0.4 is 5.73 Å². The third-order valence-corrected chi connectivity index (χ3v) is 5.11. The first kappa shape index (κ1) is 22.4. The molecule has 2 aromatic heterocycles. The van der Waals surface area contributed by atoms with Crippen molar-refractivity contribution in [2.45, 2.75) is 38.6 Å². The van der Waals surface area contributed by atoms with Crippen molar-refractivity contribution in [3.63, 3.8) is 0 Å². The lowest BCUT2D eigenvalue weighted by atomic mass is 10.2. The fraction of sp³-hybridized carbons (Fsp3) is 0.421.